The molecule has 0 aromatic heterocycles. The molecule has 2 aromatic carbocycles. The van der Waals surface area contributed by atoms with E-state index in [0.29, 0.717) is 5.56 Å². The van der Waals surface area contributed by atoms with Gasteiger partial charge in [0, 0.05) is 4.75 Å². The van der Waals surface area contributed by atoms with Crippen LogP contribution in [0.4, 0.5) is 4.79 Å². The number of hydrogen-bond acceptors (Lipinski definition) is 13. The molecule has 54 heavy (non-hydrogen) atoms. The molecule has 0 bridgehead atoms. The smallest absolute Gasteiger partial charge is 0.410 e. The summed E-state index contributed by atoms with van der Waals surface area (Å²) in [4.78, 5) is 72.1. The fourth-order valence-corrected chi connectivity index (χ4v) is 7.10. The van der Waals surface area contributed by atoms with E-state index in [1.807, 2.05) is 0 Å². The van der Waals surface area contributed by atoms with Crippen LogP contribution in [0.5, 0.6) is 5.75 Å². The van der Waals surface area contributed by atoms with Gasteiger partial charge in [0.2, 0.25) is 23.6 Å². The summed E-state index contributed by atoms with van der Waals surface area (Å²) in [6, 6.07) is 11.0. The van der Waals surface area contributed by atoms with Gasteiger partial charge in [0.05, 0.1) is 19.0 Å². The third-order valence-corrected chi connectivity index (χ3v) is 10.4. The fourth-order valence-electron chi connectivity index (χ4n) is 5.90. The highest BCUT2D eigenvalue weighted by Gasteiger charge is 2.57. The number of carbonyl (C=O) groups is 5. The van der Waals surface area contributed by atoms with Crippen molar-refractivity contribution in [2.24, 2.45) is 11.8 Å². The summed E-state index contributed by atoms with van der Waals surface area (Å²) in [7, 11) is 1.34. The number of rotatable bonds is 17. The number of thioether (sulfide) groups is 1. The second-order valence-electron chi connectivity index (χ2n) is 14.4. The van der Waals surface area contributed by atoms with E-state index >= 15 is 0 Å². The van der Waals surface area contributed by atoms with Crippen LogP contribution in [0.3, 0.4) is 0 Å². The minimum Gasteiger partial charge on any atom is -0.410 e. The standard InChI is InChI=1S/C37H54N6O10S/c1-21(2)27(40-31(45)23(5)38-35(49)53-25-17-13-10-14-18-25)32(46)39-26(19-24-15-11-9-12-16-24)30(44)37(50,51)43-20-54-36(6,7)29(43)34(48)41-33(47)28(22(3)4)42-52-8/h9-18,21-23,26-30,42,44,50-51H,19-20H2,1-8H3,(H,38,49)(H,39,46)(H,40,45)(H,41,47,48)/t23-,26-,27-,28-,29?,30-/m0/s1. The molecule has 1 saturated heterocycles. The van der Waals surface area contributed by atoms with Gasteiger partial charge in [0.1, 0.15) is 36.0 Å². The van der Waals surface area contributed by atoms with Crippen molar-refractivity contribution >= 4 is 41.5 Å². The predicted molar refractivity (Wildman–Crippen MR) is 201 cm³/mol. The van der Waals surface area contributed by atoms with Gasteiger partial charge >= 0.3 is 6.09 Å². The lowest BCUT2D eigenvalue weighted by atomic mass is 9.94. The molecule has 1 aliphatic rings. The van der Waals surface area contributed by atoms with E-state index < -0.39 is 82.6 Å². The maximum Gasteiger partial charge on any atom is 0.413 e. The molecular weight excluding hydrogens is 721 g/mol. The number of aliphatic hydroxyl groups is 3. The number of carbonyl (C=O) groups excluding carboxylic acids is 5. The highest BCUT2D eigenvalue weighted by Crippen LogP contribution is 2.43. The Balaban J connectivity index is 1.84. The molecule has 17 heteroatoms. The third-order valence-electron chi connectivity index (χ3n) is 8.99. The zero-order valence-electron chi connectivity index (χ0n) is 31.9. The molecule has 1 heterocycles. The van der Waals surface area contributed by atoms with Gasteiger partial charge in [0.25, 0.3) is 5.91 Å². The van der Waals surface area contributed by atoms with E-state index in [0.717, 1.165) is 4.90 Å². The number of hydroxylamine groups is 1. The molecule has 16 nitrogen and oxygen atoms in total. The van der Waals surface area contributed by atoms with E-state index in [1.165, 1.54) is 25.8 Å². The van der Waals surface area contributed by atoms with Gasteiger partial charge in [-0.3, -0.25) is 24.5 Å². The second kappa shape index (κ2) is 19.5. The number of ether oxygens (including phenoxy) is 1. The zero-order chi connectivity index (χ0) is 40.4. The van der Waals surface area contributed by atoms with Gasteiger partial charge in [0.15, 0.2) is 0 Å². The van der Waals surface area contributed by atoms with Crippen LogP contribution in [0.1, 0.15) is 54.0 Å². The lowest BCUT2D eigenvalue weighted by Crippen LogP contribution is -2.69. The predicted octanol–water partition coefficient (Wildman–Crippen LogP) is 1.00. The molecule has 6 atom stereocenters. The van der Waals surface area contributed by atoms with Crippen LogP contribution >= 0.6 is 11.8 Å². The third kappa shape index (κ3) is 11.7. The van der Waals surface area contributed by atoms with Crippen molar-refractivity contribution in [3.8, 4) is 5.75 Å². The summed E-state index contributed by atoms with van der Waals surface area (Å²) in [5.74, 6) is -6.74. The number of benzene rings is 2. The van der Waals surface area contributed by atoms with Crippen molar-refractivity contribution < 1.29 is 48.9 Å². The molecule has 1 aliphatic heterocycles. The van der Waals surface area contributed by atoms with Crippen LogP contribution in [-0.4, -0.2) is 110 Å². The first-order valence-corrected chi connectivity index (χ1v) is 18.6. The number of para-hydroxylation sites is 1. The highest BCUT2D eigenvalue weighted by molar-refractivity contribution is 8.00. The lowest BCUT2D eigenvalue weighted by Gasteiger charge is -2.43. The Morgan fingerprint density at radius 3 is 1.98 bits per heavy atom. The molecule has 0 spiro atoms. The Morgan fingerprint density at radius 1 is 0.852 bits per heavy atom. The Kier molecular flexibility index (Phi) is 16.0. The van der Waals surface area contributed by atoms with Gasteiger partial charge in [-0.25, -0.2) is 9.69 Å². The molecule has 1 fully saturated rings. The van der Waals surface area contributed by atoms with Crippen LogP contribution in [-0.2, 0) is 30.4 Å². The number of hydrogen-bond donors (Lipinski definition) is 8. The largest absolute Gasteiger partial charge is 0.413 e. The summed E-state index contributed by atoms with van der Waals surface area (Å²) in [5, 5.41) is 45.3. The maximum atomic E-state index is 13.9. The number of nitrogens with one attached hydrogen (secondary N) is 5. The quantitative estimate of drug-likeness (QED) is 0.0831. The van der Waals surface area contributed by atoms with E-state index in [1.54, 1.807) is 102 Å². The summed E-state index contributed by atoms with van der Waals surface area (Å²) in [6.07, 6.45) is -3.09. The maximum absolute atomic E-state index is 13.9. The minimum atomic E-state index is -3.12. The van der Waals surface area contributed by atoms with Crippen molar-refractivity contribution in [2.75, 3.05) is 13.0 Å². The Labute approximate surface area is 320 Å². The Hall–Kier alpha value is -4.10. The van der Waals surface area contributed by atoms with Gasteiger partial charge in [-0.15, -0.1) is 11.8 Å². The average Bonchev–Trinajstić information content (AvgIpc) is 3.44. The van der Waals surface area contributed by atoms with E-state index in [2.05, 4.69) is 26.7 Å². The minimum absolute atomic E-state index is 0.0862. The van der Waals surface area contributed by atoms with E-state index in [9.17, 15) is 39.3 Å². The SMILES string of the molecule is CON[C@H](C(=O)NC(=O)C1N(C(O)(O)[C@@H](O)[C@H](Cc2ccccc2)NC(=O)[C@@H](NC(=O)[C@H](C)NC(=O)Oc2ccccc2)C(C)C)CSC1(C)C)C(C)C. The topological polar surface area (TPSA) is 228 Å². The molecule has 2 aromatic rings. The molecule has 3 rings (SSSR count). The first-order valence-electron chi connectivity index (χ1n) is 17.6. The van der Waals surface area contributed by atoms with Crippen LogP contribution in [0.2, 0.25) is 0 Å². The average molecular weight is 775 g/mol. The van der Waals surface area contributed by atoms with E-state index in [4.69, 9.17) is 9.57 Å². The molecule has 1 unspecified atom stereocenters. The summed E-state index contributed by atoms with van der Waals surface area (Å²) < 4.78 is 4.22. The van der Waals surface area contributed by atoms with Crippen molar-refractivity contribution in [3.63, 3.8) is 0 Å². The van der Waals surface area contributed by atoms with Crippen molar-refractivity contribution in [1.29, 1.82) is 0 Å². The normalized spacial score (nSPS) is 18.6. The molecule has 0 saturated carbocycles. The molecular formula is C37H54N6O10S. The molecule has 5 amide bonds. The van der Waals surface area contributed by atoms with Gasteiger partial charge in [-0.1, -0.05) is 76.2 Å². The van der Waals surface area contributed by atoms with Gasteiger partial charge < -0.3 is 40.8 Å². The van der Waals surface area contributed by atoms with Gasteiger partial charge in [-0.05, 0) is 56.7 Å². The lowest BCUT2D eigenvalue weighted by molar-refractivity contribution is -0.317. The first-order chi connectivity index (χ1) is 25.3. The van der Waals surface area contributed by atoms with Crippen LogP contribution in [0, 0.1) is 11.8 Å². The number of imide groups is 1. The first kappa shape index (κ1) is 44.3. The summed E-state index contributed by atoms with van der Waals surface area (Å²) >= 11 is 1.20. The van der Waals surface area contributed by atoms with E-state index in [-0.39, 0.29) is 24.0 Å². The number of aliphatic hydroxyl groups excluding tert-OH is 1. The Morgan fingerprint density at radius 2 is 1.43 bits per heavy atom. The van der Waals surface area contributed by atoms with Crippen LogP contribution < -0.4 is 31.5 Å². The molecule has 0 aliphatic carbocycles. The summed E-state index contributed by atoms with van der Waals surface area (Å²) in [6.45, 7) is 11.7. The summed E-state index contributed by atoms with van der Waals surface area (Å²) in [5.41, 5.74) is 3.18. The van der Waals surface area contributed by atoms with Crippen LogP contribution in [0.25, 0.3) is 0 Å². The number of amides is 5. The molecule has 298 valence electrons. The van der Waals surface area contributed by atoms with Crippen molar-refractivity contribution in [1.82, 2.24) is 31.6 Å². The van der Waals surface area contributed by atoms with Crippen molar-refractivity contribution in [2.45, 2.75) is 102 Å². The van der Waals surface area contributed by atoms with Crippen LogP contribution in [0.15, 0.2) is 60.7 Å². The van der Waals surface area contributed by atoms with Crippen molar-refractivity contribution in [3.05, 3.63) is 66.2 Å². The Bertz CT molecular complexity index is 1580. The molecule has 0 radical (unpaired) electrons. The highest BCUT2D eigenvalue weighted by atomic mass is 32.2. The second-order valence-corrected chi connectivity index (χ2v) is 16.0. The van der Waals surface area contributed by atoms with Gasteiger partial charge in [-0.2, -0.15) is 5.48 Å². The number of nitrogens with zero attached hydrogens (tertiary/aromatic N) is 1. The fraction of sp³-hybridized carbons (Fsp3) is 0.541. The monoisotopic (exact) mass is 774 g/mol. The zero-order valence-corrected chi connectivity index (χ0v) is 32.7. The molecule has 8 N–H and O–H groups in total.